The normalized spacial score (nSPS) is 17.7. The highest BCUT2D eigenvalue weighted by Gasteiger charge is 2.27. The molecule has 1 aliphatic heterocycles. The average Bonchev–Trinajstić information content (AvgIpc) is 3.38. The van der Waals surface area contributed by atoms with Gasteiger partial charge >= 0.3 is 0 Å². The zero-order valence-corrected chi connectivity index (χ0v) is 16.1. The van der Waals surface area contributed by atoms with Crippen molar-refractivity contribution >= 4 is 16.9 Å². The molecule has 142 valence electrons. The third-order valence-electron chi connectivity index (χ3n) is 5.35. The standard InChI is InChI=1S/C20H26N6O/c1-4-26-18-8-6-5-7-15(18)21-19(26)13-25-10-9-14(12-25)16-11-17(23-22-16)20(27)24(2)3/h5-8,11,14H,4,9-10,12-13H2,1-3H3,(H,22,23)/t14-/m0/s1. The van der Waals surface area contributed by atoms with E-state index in [9.17, 15) is 4.79 Å². The van der Waals surface area contributed by atoms with Gasteiger partial charge in [-0.25, -0.2) is 4.98 Å². The maximum atomic E-state index is 12.1. The largest absolute Gasteiger partial charge is 0.343 e. The molecule has 27 heavy (non-hydrogen) atoms. The molecule has 0 radical (unpaired) electrons. The first-order valence-electron chi connectivity index (χ1n) is 9.50. The summed E-state index contributed by atoms with van der Waals surface area (Å²) < 4.78 is 2.30. The number of hydrogen-bond acceptors (Lipinski definition) is 4. The number of fused-ring (bicyclic) bond motifs is 1. The van der Waals surface area contributed by atoms with E-state index in [1.165, 1.54) is 5.52 Å². The molecule has 3 aromatic rings. The van der Waals surface area contributed by atoms with Gasteiger partial charge in [0.15, 0.2) is 0 Å². The molecule has 0 spiro atoms. The first-order valence-corrected chi connectivity index (χ1v) is 9.50. The van der Waals surface area contributed by atoms with Crippen LogP contribution in [-0.2, 0) is 13.1 Å². The molecule has 1 fully saturated rings. The van der Waals surface area contributed by atoms with Gasteiger partial charge < -0.3 is 9.47 Å². The van der Waals surface area contributed by atoms with Gasteiger partial charge in [0.1, 0.15) is 11.5 Å². The summed E-state index contributed by atoms with van der Waals surface area (Å²) in [4.78, 5) is 20.9. The molecule has 0 saturated carbocycles. The van der Waals surface area contributed by atoms with Gasteiger partial charge in [-0.05, 0) is 38.1 Å². The van der Waals surface area contributed by atoms with Crippen molar-refractivity contribution in [2.45, 2.75) is 32.4 Å². The quantitative estimate of drug-likeness (QED) is 0.753. The van der Waals surface area contributed by atoms with Crippen molar-refractivity contribution in [2.24, 2.45) is 0 Å². The predicted molar refractivity (Wildman–Crippen MR) is 105 cm³/mol. The number of likely N-dealkylation sites (tertiary alicyclic amines) is 1. The van der Waals surface area contributed by atoms with Crippen molar-refractivity contribution in [1.29, 1.82) is 0 Å². The second kappa shape index (κ2) is 7.15. The van der Waals surface area contributed by atoms with Crippen molar-refractivity contribution in [3.63, 3.8) is 0 Å². The number of para-hydroxylation sites is 2. The molecule has 0 bridgehead atoms. The molecule has 3 heterocycles. The molecule has 1 N–H and O–H groups in total. The number of carbonyl (C=O) groups is 1. The van der Waals surface area contributed by atoms with Crippen molar-refractivity contribution in [2.75, 3.05) is 27.2 Å². The van der Waals surface area contributed by atoms with Gasteiger partial charge in [-0.2, -0.15) is 5.10 Å². The number of aromatic nitrogens is 4. The molecule has 7 nitrogen and oxygen atoms in total. The zero-order chi connectivity index (χ0) is 19.0. The number of hydrogen-bond donors (Lipinski definition) is 1. The Bertz CT molecular complexity index is 956. The van der Waals surface area contributed by atoms with E-state index in [0.717, 1.165) is 49.6 Å². The smallest absolute Gasteiger partial charge is 0.273 e. The number of imidazole rings is 1. The molecule has 1 aromatic carbocycles. The summed E-state index contributed by atoms with van der Waals surface area (Å²) >= 11 is 0. The second-order valence-electron chi connectivity index (χ2n) is 7.39. The molecule has 1 atom stereocenters. The first kappa shape index (κ1) is 17.7. The SMILES string of the molecule is CCn1c(CN2CC[C@H](c3cc(C(=O)N(C)C)n[nH]3)C2)nc2ccccc21. The molecule has 1 amide bonds. The minimum Gasteiger partial charge on any atom is -0.343 e. The summed E-state index contributed by atoms with van der Waals surface area (Å²) in [5.41, 5.74) is 3.80. The van der Waals surface area contributed by atoms with Gasteiger partial charge in [0.05, 0.1) is 17.6 Å². The van der Waals surface area contributed by atoms with E-state index >= 15 is 0 Å². The van der Waals surface area contributed by atoms with E-state index in [-0.39, 0.29) is 5.91 Å². The van der Waals surface area contributed by atoms with E-state index in [0.29, 0.717) is 11.6 Å². The third kappa shape index (κ3) is 3.35. The molecular formula is C20H26N6O. The van der Waals surface area contributed by atoms with Crippen molar-refractivity contribution in [3.05, 3.63) is 47.5 Å². The number of amides is 1. The Morgan fingerprint density at radius 3 is 2.93 bits per heavy atom. The number of H-pyrrole nitrogens is 1. The molecular weight excluding hydrogens is 340 g/mol. The third-order valence-corrected chi connectivity index (χ3v) is 5.35. The summed E-state index contributed by atoms with van der Waals surface area (Å²) in [6, 6.07) is 10.2. The van der Waals surface area contributed by atoms with E-state index in [1.807, 2.05) is 12.1 Å². The Morgan fingerprint density at radius 1 is 1.33 bits per heavy atom. The van der Waals surface area contributed by atoms with Crippen LogP contribution in [0.15, 0.2) is 30.3 Å². The van der Waals surface area contributed by atoms with Crippen molar-refractivity contribution in [3.8, 4) is 0 Å². The summed E-state index contributed by atoms with van der Waals surface area (Å²) in [5.74, 6) is 1.43. The first-order chi connectivity index (χ1) is 13.1. The van der Waals surface area contributed by atoms with Crippen LogP contribution >= 0.6 is 0 Å². The lowest BCUT2D eigenvalue weighted by atomic mass is 10.0. The Labute approximate surface area is 159 Å². The summed E-state index contributed by atoms with van der Waals surface area (Å²) in [6.07, 6.45) is 1.06. The number of nitrogens with zero attached hydrogens (tertiary/aromatic N) is 5. The van der Waals surface area contributed by atoms with Crippen LogP contribution in [0.2, 0.25) is 0 Å². The zero-order valence-electron chi connectivity index (χ0n) is 16.1. The Morgan fingerprint density at radius 2 is 2.15 bits per heavy atom. The minimum absolute atomic E-state index is 0.0657. The van der Waals surface area contributed by atoms with Crippen LogP contribution in [0.1, 0.15) is 41.3 Å². The number of benzene rings is 1. The number of rotatable bonds is 5. The molecule has 0 unspecified atom stereocenters. The van der Waals surface area contributed by atoms with Crippen LogP contribution in [0.25, 0.3) is 11.0 Å². The van der Waals surface area contributed by atoms with Crippen LogP contribution in [0.3, 0.4) is 0 Å². The van der Waals surface area contributed by atoms with E-state index < -0.39 is 0 Å². The van der Waals surface area contributed by atoms with Gasteiger partial charge in [-0.3, -0.25) is 14.8 Å². The summed E-state index contributed by atoms with van der Waals surface area (Å²) in [7, 11) is 3.49. The lowest BCUT2D eigenvalue weighted by molar-refractivity contribution is 0.0822. The maximum Gasteiger partial charge on any atom is 0.273 e. The van der Waals surface area contributed by atoms with Gasteiger partial charge in [-0.1, -0.05) is 12.1 Å². The lowest BCUT2D eigenvalue weighted by Gasteiger charge is -2.16. The van der Waals surface area contributed by atoms with Crippen LogP contribution in [0.4, 0.5) is 0 Å². The van der Waals surface area contributed by atoms with Crippen LogP contribution < -0.4 is 0 Å². The highest BCUT2D eigenvalue weighted by Crippen LogP contribution is 2.28. The van der Waals surface area contributed by atoms with Gasteiger partial charge in [0.25, 0.3) is 5.91 Å². The fraction of sp³-hybridized carbons (Fsp3) is 0.450. The maximum absolute atomic E-state index is 12.1. The highest BCUT2D eigenvalue weighted by atomic mass is 16.2. The Kier molecular flexibility index (Phi) is 4.70. The Balaban J connectivity index is 1.47. The Hall–Kier alpha value is -2.67. The topological polar surface area (TPSA) is 70.1 Å². The predicted octanol–water partition coefficient (Wildman–Crippen LogP) is 2.47. The van der Waals surface area contributed by atoms with Crippen LogP contribution in [-0.4, -0.2) is 62.6 Å². The second-order valence-corrected chi connectivity index (χ2v) is 7.39. The van der Waals surface area contributed by atoms with Crippen LogP contribution in [0, 0.1) is 0 Å². The number of aryl methyl sites for hydroxylation is 1. The van der Waals surface area contributed by atoms with Gasteiger partial charge in [0, 0.05) is 38.8 Å². The average molecular weight is 366 g/mol. The molecule has 7 heteroatoms. The number of aromatic amines is 1. The van der Waals surface area contributed by atoms with Crippen LogP contribution in [0.5, 0.6) is 0 Å². The molecule has 4 rings (SSSR count). The molecule has 2 aromatic heterocycles. The summed E-state index contributed by atoms with van der Waals surface area (Å²) in [5, 5.41) is 7.26. The van der Waals surface area contributed by atoms with E-state index in [1.54, 1.807) is 19.0 Å². The fourth-order valence-electron chi connectivity index (χ4n) is 3.91. The van der Waals surface area contributed by atoms with Crippen molar-refractivity contribution in [1.82, 2.24) is 29.5 Å². The van der Waals surface area contributed by atoms with Crippen molar-refractivity contribution < 1.29 is 4.79 Å². The number of carbonyl (C=O) groups excluding carboxylic acids is 1. The number of nitrogens with one attached hydrogen (secondary N) is 1. The summed E-state index contributed by atoms with van der Waals surface area (Å²) in [6.45, 7) is 5.90. The minimum atomic E-state index is -0.0657. The van der Waals surface area contributed by atoms with E-state index in [4.69, 9.17) is 4.98 Å². The van der Waals surface area contributed by atoms with Gasteiger partial charge in [-0.15, -0.1) is 0 Å². The molecule has 0 aliphatic carbocycles. The molecule has 1 aliphatic rings. The monoisotopic (exact) mass is 366 g/mol. The van der Waals surface area contributed by atoms with E-state index in [2.05, 4.69) is 44.8 Å². The van der Waals surface area contributed by atoms with Gasteiger partial charge in [0.2, 0.25) is 0 Å². The molecule has 1 saturated heterocycles. The highest BCUT2D eigenvalue weighted by molar-refractivity contribution is 5.92. The fourth-order valence-corrected chi connectivity index (χ4v) is 3.91. The lowest BCUT2D eigenvalue weighted by Crippen LogP contribution is -2.22.